The van der Waals surface area contributed by atoms with Crippen LogP contribution in [0.2, 0.25) is 0 Å². The van der Waals surface area contributed by atoms with Gasteiger partial charge in [0, 0.05) is 17.4 Å². The lowest BCUT2D eigenvalue weighted by atomic mass is 10.2. The normalized spacial score (nSPS) is 11.2. The van der Waals surface area contributed by atoms with E-state index >= 15 is 0 Å². The molecule has 1 N–H and O–H groups in total. The Kier molecular flexibility index (Phi) is 5.22. The molecule has 0 atom stereocenters. The van der Waals surface area contributed by atoms with Gasteiger partial charge in [0.25, 0.3) is 5.91 Å². The highest BCUT2D eigenvalue weighted by molar-refractivity contribution is 7.90. The molecular formula is C18H17N3O5S. The molecule has 0 spiro atoms. The minimum atomic E-state index is -3.28. The highest BCUT2D eigenvalue weighted by Crippen LogP contribution is 2.22. The smallest absolute Gasteiger partial charge is 0.322 e. The fraction of sp³-hybridized carbons (Fsp3) is 0.167. The summed E-state index contributed by atoms with van der Waals surface area (Å²) < 4.78 is 33.7. The third-order valence-corrected chi connectivity index (χ3v) is 4.73. The quantitative estimate of drug-likeness (QED) is 0.692. The average molecular weight is 387 g/mol. The number of carbonyl (C=O) groups excluding carboxylic acids is 1. The molecular weight excluding hydrogens is 370 g/mol. The summed E-state index contributed by atoms with van der Waals surface area (Å²) >= 11 is 0. The number of rotatable bonds is 6. The molecule has 0 bridgehead atoms. The van der Waals surface area contributed by atoms with Crippen molar-refractivity contribution in [2.24, 2.45) is 0 Å². The number of hydrogen-bond donors (Lipinski definition) is 1. The van der Waals surface area contributed by atoms with Crippen LogP contribution in [0, 0.1) is 0 Å². The van der Waals surface area contributed by atoms with Gasteiger partial charge in [0.2, 0.25) is 5.89 Å². The van der Waals surface area contributed by atoms with Gasteiger partial charge in [-0.15, -0.1) is 5.10 Å². The summed E-state index contributed by atoms with van der Waals surface area (Å²) in [5.74, 6) is 0.435. The first-order valence-electron chi connectivity index (χ1n) is 8.05. The van der Waals surface area contributed by atoms with Crippen LogP contribution >= 0.6 is 0 Å². The van der Waals surface area contributed by atoms with Crippen LogP contribution < -0.4 is 10.1 Å². The van der Waals surface area contributed by atoms with Crippen LogP contribution in [-0.2, 0) is 9.84 Å². The van der Waals surface area contributed by atoms with Gasteiger partial charge in [-0.3, -0.25) is 10.1 Å². The lowest BCUT2D eigenvalue weighted by Crippen LogP contribution is -2.12. The first-order valence-corrected chi connectivity index (χ1v) is 9.94. The van der Waals surface area contributed by atoms with E-state index in [4.69, 9.17) is 9.15 Å². The second-order valence-corrected chi connectivity index (χ2v) is 7.64. The summed E-state index contributed by atoms with van der Waals surface area (Å²) in [6, 6.07) is 12.6. The van der Waals surface area contributed by atoms with E-state index in [0.717, 1.165) is 6.26 Å². The van der Waals surface area contributed by atoms with Crippen molar-refractivity contribution in [1.29, 1.82) is 0 Å². The second kappa shape index (κ2) is 7.58. The number of sulfone groups is 1. The molecule has 8 nitrogen and oxygen atoms in total. The highest BCUT2D eigenvalue weighted by atomic mass is 32.2. The van der Waals surface area contributed by atoms with Gasteiger partial charge in [-0.2, -0.15) is 0 Å². The van der Waals surface area contributed by atoms with E-state index in [1.165, 1.54) is 12.1 Å². The van der Waals surface area contributed by atoms with Crippen molar-refractivity contribution < 1.29 is 22.4 Å². The van der Waals surface area contributed by atoms with E-state index in [1.807, 2.05) is 6.92 Å². The molecule has 1 amide bonds. The Balaban J connectivity index is 1.71. The van der Waals surface area contributed by atoms with Gasteiger partial charge < -0.3 is 9.15 Å². The number of anilines is 1. The van der Waals surface area contributed by atoms with Crippen molar-refractivity contribution in [2.45, 2.75) is 11.8 Å². The Hall–Kier alpha value is -3.20. The van der Waals surface area contributed by atoms with Gasteiger partial charge in [-0.25, -0.2) is 8.42 Å². The van der Waals surface area contributed by atoms with Crippen molar-refractivity contribution in [3.05, 3.63) is 54.1 Å². The molecule has 0 fully saturated rings. The van der Waals surface area contributed by atoms with Crippen molar-refractivity contribution in [3.8, 4) is 17.2 Å². The summed E-state index contributed by atoms with van der Waals surface area (Å²) in [6.07, 6.45) is 1.13. The largest absolute Gasteiger partial charge is 0.494 e. The molecule has 27 heavy (non-hydrogen) atoms. The first kappa shape index (κ1) is 18.6. The maximum atomic E-state index is 12.2. The predicted molar refractivity (Wildman–Crippen MR) is 98.4 cm³/mol. The molecule has 3 aromatic rings. The van der Waals surface area contributed by atoms with Gasteiger partial charge >= 0.3 is 6.01 Å². The van der Waals surface area contributed by atoms with Crippen molar-refractivity contribution in [2.75, 3.05) is 18.2 Å². The van der Waals surface area contributed by atoms with Crippen molar-refractivity contribution >= 4 is 21.8 Å². The third kappa shape index (κ3) is 4.50. The molecule has 140 valence electrons. The maximum absolute atomic E-state index is 12.2. The topological polar surface area (TPSA) is 111 Å². The van der Waals surface area contributed by atoms with Crippen LogP contribution in [0.4, 0.5) is 6.01 Å². The number of amides is 1. The summed E-state index contributed by atoms with van der Waals surface area (Å²) in [6.45, 7) is 2.42. The third-order valence-electron chi connectivity index (χ3n) is 3.60. The van der Waals surface area contributed by atoms with E-state index in [1.54, 1.807) is 36.4 Å². The SMILES string of the molecule is CCOc1ccc(C(=O)Nc2nnc(-c3ccc(S(C)(=O)=O)cc3)o2)cc1. The van der Waals surface area contributed by atoms with Crippen molar-refractivity contribution in [3.63, 3.8) is 0 Å². The molecule has 0 saturated carbocycles. The first-order chi connectivity index (χ1) is 12.9. The van der Waals surface area contributed by atoms with E-state index in [9.17, 15) is 13.2 Å². The summed E-state index contributed by atoms with van der Waals surface area (Å²) in [5, 5.41) is 10.2. The molecule has 0 radical (unpaired) electrons. The van der Waals surface area contributed by atoms with E-state index in [2.05, 4.69) is 15.5 Å². The van der Waals surface area contributed by atoms with Crippen LogP contribution in [0.25, 0.3) is 11.5 Å². The fourth-order valence-corrected chi connectivity index (χ4v) is 2.90. The van der Waals surface area contributed by atoms with Crippen LogP contribution in [0.15, 0.2) is 57.8 Å². The lowest BCUT2D eigenvalue weighted by molar-refractivity contribution is 0.102. The molecule has 0 unspecified atom stereocenters. The summed E-state index contributed by atoms with van der Waals surface area (Å²) in [4.78, 5) is 12.4. The molecule has 3 rings (SSSR count). The minimum absolute atomic E-state index is 0.0592. The van der Waals surface area contributed by atoms with E-state index in [-0.39, 0.29) is 16.8 Å². The van der Waals surface area contributed by atoms with Crippen LogP contribution in [0.3, 0.4) is 0 Å². The van der Waals surface area contributed by atoms with Gasteiger partial charge in [0.05, 0.1) is 11.5 Å². The highest BCUT2D eigenvalue weighted by Gasteiger charge is 2.14. The number of nitrogens with one attached hydrogen (secondary N) is 1. The fourth-order valence-electron chi connectivity index (χ4n) is 2.27. The molecule has 9 heteroatoms. The summed E-state index contributed by atoms with van der Waals surface area (Å²) in [7, 11) is -3.28. The monoisotopic (exact) mass is 387 g/mol. The number of nitrogens with zero attached hydrogens (tertiary/aromatic N) is 2. The van der Waals surface area contributed by atoms with Crippen molar-refractivity contribution in [1.82, 2.24) is 10.2 Å². The number of hydrogen-bond acceptors (Lipinski definition) is 7. The zero-order valence-electron chi connectivity index (χ0n) is 14.7. The molecule has 1 heterocycles. The molecule has 2 aromatic carbocycles. The molecule has 0 aliphatic rings. The van der Waals surface area contributed by atoms with Crippen LogP contribution in [0.1, 0.15) is 17.3 Å². The standard InChI is InChI=1S/C18H17N3O5S/c1-3-25-14-8-4-12(5-9-14)16(22)19-18-21-20-17(26-18)13-6-10-15(11-7-13)27(2,23)24/h4-11H,3H2,1-2H3,(H,19,21,22). The average Bonchev–Trinajstić information content (AvgIpc) is 3.10. The number of carbonyl (C=O) groups is 1. The van der Waals surface area contributed by atoms with Gasteiger partial charge in [-0.05, 0) is 55.5 Å². The van der Waals surface area contributed by atoms with E-state index < -0.39 is 15.7 Å². The van der Waals surface area contributed by atoms with Crippen LogP contribution in [0.5, 0.6) is 5.75 Å². The summed E-state index contributed by atoms with van der Waals surface area (Å²) in [5.41, 5.74) is 0.951. The second-order valence-electron chi connectivity index (χ2n) is 5.62. The Bertz CT molecular complexity index is 1040. The molecule has 0 aliphatic carbocycles. The lowest BCUT2D eigenvalue weighted by Gasteiger charge is -2.04. The number of aromatic nitrogens is 2. The van der Waals surface area contributed by atoms with Gasteiger partial charge in [0.15, 0.2) is 9.84 Å². The predicted octanol–water partition coefficient (Wildman–Crippen LogP) is 2.79. The number of ether oxygens (including phenoxy) is 1. The number of benzene rings is 2. The Labute approximate surface area is 156 Å². The molecule has 0 aliphatic heterocycles. The van der Waals surface area contributed by atoms with Gasteiger partial charge in [0.1, 0.15) is 5.75 Å². The van der Waals surface area contributed by atoms with Crippen LogP contribution in [-0.4, -0.2) is 37.4 Å². The molecule has 0 saturated heterocycles. The Morgan fingerprint density at radius 1 is 1.07 bits per heavy atom. The maximum Gasteiger partial charge on any atom is 0.322 e. The zero-order valence-corrected chi connectivity index (χ0v) is 15.5. The van der Waals surface area contributed by atoms with Gasteiger partial charge in [-0.1, -0.05) is 5.10 Å². The minimum Gasteiger partial charge on any atom is -0.494 e. The van der Waals surface area contributed by atoms with E-state index in [0.29, 0.717) is 23.5 Å². The zero-order chi connectivity index (χ0) is 19.4. The Morgan fingerprint density at radius 3 is 2.33 bits per heavy atom. The molecule has 1 aromatic heterocycles. The Morgan fingerprint density at radius 2 is 1.74 bits per heavy atom.